The summed E-state index contributed by atoms with van der Waals surface area (Å²) in [5, 5.41) is 17.4. The van der Waals surface area contributed by atoms with E-state index in [0.717, 1.165) is 19.3 Å². The Morgan fingerprint density at radius 1 is 1.64 bits per heavy atom. The molecule has 0 aliphatic rings. The summed E-state index contributed by atoms with van der Waals surface area (Å²) in [6.45, 7) is 5.42. The second-order valence-corrected chi connectivity index (χ2v) is 3.75. The van der Waals surface area contributed by atoms with Crippen molar-refractivity contribution >= 4 is 5.97 Å². The van der Waals surface area contributed by atoms with E-state index in [0.29, 0.717) is 6.42 Å². The van der Waals surface area contributed by atoms with Gasteiger partial charge in [-0.3, -0.25) is 4.79 Å². The summed E-state index contributed by atoms with van der Waals surface area (Å²) in [4.78, 5) is 10.4. The van der Waals surface area contributed by atoms with Gasteiger partial charge in [0.2, 0.25) is 0 Å². The van der Waals surface area contributed by atoms with E-state index in [9.17, 15) is 4.79 Å². The fourth-order valence-corrected chi connectivity index (χ4v) is 1.26. The number of carboxylic acid groups (broad SMARTS) is 1. The van der Waals surface area contributed by atoms with Gasteiger partial charge in [0.25, 0.3) is 0 Å². The molecule has 0 aromatic heterocycles. The molecule has 14 heavy (non-hydrogen) atoms. The quantitative estimate of drug-likeness (QED) is 0.502. The number of nitriles is 1. The highest BCUT2D eigenvalue weighted by atomic mass is 16.4. The Kier molecular flexibility index (Phi) is 5.62. The first-order chi connectivity index (χ1) is 6.54. The molecule has 0 radical (unpaired) electrons. The second kappa shape index (κ2) is 6.20. The van der Waals surface area contributed by atoms with E-state index in [4.69, 9.17) is 10.4 Å². The van der Waals surface area contributed by atoms with Crippen molar-refractivity contribution in [3.8, 4) is 6.07 Å². The van der Waals surface area contributed by atoms with Crippen molar-refractivity contribution in [1.29, 1.82) is 5.26 Å². The van der Waals surface area contributed by atoms with Crippen LogP contribution in [0.4, 0.5) is 0 Å². The number of carboxylic acids is 1. The van der Waals surface area contributed by atoms with Crippen molar-refractivity contribution in [2.45, 2.75) is 39.0 Å². The lowest BCUT2D eigenvalue weighted by Gasteiger charge is -2.19. The zero-order chi connectivity index (χ0) is 11.0. The average molecular weight is 195 g/mol. The summed E-state index contributed by atoms with van der Waals surface area (Å²) in [6, 6.07) is 2.20. The normalized spacial score (nSPS) is 14.0. The first kappa shape index (κ1) is 12.7. The number of nitrogens with zero attached hydrogens (tertiary/aromatic N) is 1. The number of aliphatic carboxylic acids is 1. The van der Waals surface area contributed by atoms with E-state index in [1.807, 2.05) is 13.0 Å². The van der Waals surface area contributed by atoms with Gasteiger partial charge >= 0.3 is 5.97 Å². The molecule has 0 aliphatic carbocycles. The monoisotopic (exact) mass is 195 g/mol. The van der Waals surface area contributed by atoms with Crippen LogP contribution in [-0.2, 0) is 4.79 Å². The van der Waals surface area contributed by atoms with Gasteiger partial charge in [-0.2, -0.15) is 5.26 Å². The van der Waals surface area contributed by atoms with Crippen molar-refractivity contribution in [2.75, 3.05) is 0 Å². The second-order valence-electron chi connectivity index (χ2n) is 3.75. The molecule has 3 heteroatoms. The molecule has 1 unspecified atom stereocenters. The summed E-state index contributed by atoms with van der Waals surface area (Å²) in [6.07, 6.45) is 4.82. The van der Waals surface area contributed by atoms with Gasteiger partial charge in [0.15, 0.2) is 0 Å². The van der Waals surface area contributed by atoms with Crippen molar-refractivity contribution < 1.29 is 9.90 Å². The minimum Gasteiger partial charge on any atom is -0.481 e. The maximum atomic E-state index is 10.4. The van der Waals surface area contributed by atoms with E-state index in [1.54, 1.807) is 0 Å². The zero-order valence-corrected chi connectivity index (χ0v) is 8.62. The highest BCUT2D eigenvalue weighted by molar-refractivity contribution is 5.66. The molecule has 0 saturated carbocycles. The Morgan fingerprint density at radius 2 is 2.29 bits per heavy atom. The summed E-state index contributed by atoms with van der Waals surface area (Å²) >= 11 is 0. The number of hydrogen-bond acceptors (Lipinski definition) is 2. The zero-order valence-electron chi connectivity index (χ0n) is 8.62. The Balaban J connectivity index is 3.99. The van der Waals surface area contributed by atoms with E-state index < -0.39 is 11.4 Å². The molecule has 78 valence electrons. The van der Waals surface area contributed by atoms with Crippen LogP contribution in [0.5, 0.6) is 0 Å². The lowest BCUT2D eigenvalue weighted by Crippen LogP contribution is -2.15. The molecule has 0 rings (SSSR count). The molecular formula is C11H17NO2. The molecule has 1 N–H and O–H groups in total. The van der Waals surface area contributed by atoms with Gasteiger partial charge in [-0.1, -0.05) is 6.08 Å². The fourth-order valence-electron chi connectivity index (χ4n) is 1.26. The van der Waals surface area contributed by atoms with Gasteiger partial charge < -0.3 is 5.11 Å². The van der Waals surface area contributed by atoms with Gasteiger partial charge in [0.1, 0.15) is 0 Å². The Bertz CT molecular complexity index is 242. The molecule has 3 nitrogen and oxygen atoms in total. The number of unbranched alkanes of at least 4 members (excludes halogenated alkanes) is 1. The van der Waals surface area contributed by atoms with Crippen LogP contribution in [0, 0.1) is 16.7 Å². The molecule has 0 aromatic rings. The number of hydrogen-bond donors (Lipinski definition) is 1. The summed E-state index contributed by atoms with van der Waals surface area (Å²) in [7, 11) is 0. The smallest absolute Gasteiger partial charge is 0.303 e. The van der Waals surface area contributed by atoms with Crippen LogP contribution in [0.15, 0.2) is 12.7 Å². The lowest BCUT2D eigenvalue weighted by molar-refractivity contribution is -0.137. The van der Waals surface area contributed by atoms with Crippen LogP contribution in [0.25, 0.3) is 0 Å². The Labute approximate surface area is 85.0 Å². The van der Waals surface area contributed by atoms with E-state index in [-0.39, 0.29) is 6.42 Å². The Morgan fingerprint density at radius 3 is 2.71 bits per heavy atom. The third-order valence-electron chi connectivity index (χ3n) is 2.30. The topological polar surface area (TPSA) is 61.1 Å². The van der Waals surface area contributed by atoms with Crippen LogP contribution in [0.2, 0.25) is 0 Å². The van der Waals surface area contributed by atoms with Crippen molar-refractivity contribution in [2.24, 2.45) is 5.41 Å². The molecule has 0 aliphatic heterocycles. The third-order valence-corrected chi connectivity index (χ3v) is 2.30. The van der Waals surface area contributed by atoms with Gasteiger partial charge in [-0.05, 0) is 32.6 Å². The highest BCUT2D eigenvalue weighted by Gasteiger charge is 2.23. The summed E-state index contributed by atoms with van der Waals surface area (Å²) in [5.74, 6) is -0.838. The van der Waals surface area contributed by atoms with Crippen molar-refractivity contribution in [3.05, 3.63) is 12.7 Å². The molecule has 0 bridgehead atoms. The van der Waals surface area contributed by atoms with Crippen LogP contribution in [-0.4, -0.2) is 11.1 Å². The summed E-state index contributed by atoms with van der Waals surface area (Å²) < 4.78 is 0. The van der Waals surface area contributed by atoms with E-state index >= 15 is 0 Å². The lowest BCUT2D eigenvalue weighted by atomic mass is 9.82. The van der Waals surface area contributed by atoms with Gasteiger partial charge in [0, 0.05) is 6.42 Å². The van der Waals surface area contributed by atoms with Crippen LogP contribution in [0.3, 0.4) is 0 Å². The number of rotatable bonds is 7. The van der Waals surface area contributed by atoms with Crippen molar-refractivity contribution in [1.82, 2.24) is 0 Å². The van der Waals surface area contributed by atoms with Gasteiger partial charge in [0.05, 0.1) is 11.5 Å². The van der Waals surface area contributed by atoms with Crippen LogP contribution < -0.4 is 0 Å². The van der Waals surface area contributed by atoms with Crippen molar-refractivity contribution in [3.63, 3.8) is 0 Å². The SMILES string of the molecule is C=CCCCC(C)(C#N)CCC(=O)O. The number of carbonyl (C=O) groups is 1. The highest BCUT2D eigenvalue weighted by Crippen LogP contribution is 2.28. The molecule has 0 heterocycles. The van der Waals surface area contributed by atoms with E-state index in [2.05, 4.69) is 12.6 Å². The van der Waals surface area contributed by atoms with Crippen LogP contribution in [0.1, 0.15) is 39.0 Å². The molecule has 0 saturated heterocycles. The third kappa shape index (κ3) is 5.36. The van der Waals surface area contributed by atoms with Gasteiger partial charge in [-0.15, -0.1) is 6.58 Å². The number of allylic oxidation sites excluding steroid dienone is 1. The molecule has 0 fully saturated rings. The first-order valence-corrected chi connectivity index (χ1v) is 4.78. The molecule has 1 atom stereocenters. The standard InChI is InChI=1S/C11H17NO2/c1-3-4-5-7-11(2,9-12)8-6-10(13)14/h3H,1,4-8H2,2H3,(H,13,14). The first-order valence-electron chi connectivity index (χ1n) is 4.78. The predicted molar refractivity (Wildman–Crippen MR) is 54.6 cm³/mol. The molecule has 0 aromatic carbocycles. The largest absolute Gasteiger partial charge is 0.481 e. The maximum absolute atomic E-state index is 10.4. The maximum Gasteiger partial charge on any atom is 0.303 e. The van der Waals surface area contributed by atoms with Crippen LogP contribution >= 0.6 is 0 Å². The van der Waals surface area contributed by atoms with Gasteiger partial charge in [-0.25, -0.2) is 0 Å². The minimum atomic E-state index is -0.838. The predicted octanol–water partition coefficient (Wildman–Crippen LogP) is 2.74. The fraction of sp³-hybridized carbons (Fsp3) is 0.636. The molecule has 0 amide bonds. The molecule has 0 spiro atoms. The average Bonchev–Trinajstić information content (AvgIpc) is 2.15. The summed E-state index contributed by atoms with van der Waals surface area (Å²) in [5.41, 5.74) is -0.499. The Hall–Kier alpha value is -1.30. The van der Waals surface area contributed by atoms with E-state index in [1.165, 1.54) is 0 Å². The minimum absolute atomic E-state index is 0.0676. The molecular weight excluding hydrogens is 178 g/mol.